The van der Waals surface area contributed by atoms with Crippen molar-refractivity contribution in [2.45, 2.75) is 25.4 Å². The van der Waals surface area contributed by atoms with Crippen molar-refractivity contribution in [3.8, 4) is 16.9 Å². The Bertz CT molecular complexity index is 1550. The summed E-state index contributed by atoms with van der Waals surface area (Å²) in [5.74, 6) is -0.594. The molecule has 0 saturated carbocycles. The van der Waals surface area contributed by atoms with E-state index in [1.807, 2.05) is 29.7 Å². The van der Waals surface area contributed by atoms with Gasteiger partial charge in [0, 0.05) is 33.5 Å². The lowest BCUT2D eigenvalue weighted by Gasteiger charge is -2.14. The van der Waals surface area contributed by atoms with Crippen LogP contribution in [0.4, 0.5) is 13.2 Å². The van der Waals surface area contributed by atoms with Gasteiger partial charge in [-0.25, -0.2) is 13.1 Å². The van der Waals surface area contributed by atoms with E-state index in [9.17, 15) is 21.6 Å². The number of benzene rings is 3. The number of nitrogens with zero attached hydrogens (tertiary/aromatic N) is 1. The fraction of sp³-hybridized carbons (Fsp3) is 0.154. The SMILES string of the molecule is Cc1c(CNS(=O)(=O)Cc2cccc(C(F)(F)F)c2)cc(-c2ccc(Cl)cc2Cl)n1-c1ccc(Cl)cc1. The van der Waals surface area contributed by atoms with E-state index in [4.69, 9.17) is 34.8 Å². The molecule has 0 amide bonds. The maximum Gasteiger partial charge on any atom is 0.416 e. The van der Waals surface area contributed by atoms with Crippen LogP contribution in [-0.4, -0.2) is 13.0 Å². The van der Waals surface area contributed by atoms with Crippen LogP contribution in [0.15, 0.2) is 72.8 Å². The van der Waals surface area contributed by atoms with Crippen molar-refractivity contribution in [1.29, 1.82) is 0 Å². The Balaban J connectivity index is 1.66. The first-order valence-electron chi connectivity index (χ1n) is 10.9. The smallest absolute Gasteiger partial charge is 0.314 e. The summed E-state index contributed by atoms with van der Waals surface area (Å²) in [6.07, 6.45) is -4.56. The second-order valence-electron chi connectivity index (χ2n) is 8.35. The Morgan fingerprint density at radius 3 is 2.22 bits per heavy atom. The molecule has 0 spiro atoms. The van der Waals surface area contributed by atoms with E-state index in [-0.39, 0.29) is 12.1 Å². The number of hydrogen-bond donors (Lipinski definition) is 1. The molecule has 0 aliphatic carbocycles. The van der Waals surface area contributed by atoms with Crippen molar-refractivity contribution < 1.29 is 21.6 Å². The van der Waals surface area contributed by atoms with E-state index in [0.29, 0.717) is 31.9 Å². The first-order valence-corrected chi connectivity index (χ1v) is 13.7. The van der Waals surface area contributed by atoms with Crippen LogP contribution in [0.1, 0.15) is 22.4 Å². The summed E-state index contributed by atoms with van der Waals surface area (Å²) in [7, 11) is -3.95. The monoisotopic (exact) mass is 586 g/mol. The number of hydrogen-bond acceptors (Lipinski definition) is 2. The highest BCUT2D eigenvalue weighted by molar-refractivity contribution is 7.88. The average Bonchev–Trinajstić information content (AvgIpc) is 3.13. The number of nitrogens with one attached hydrogen (secondary N) is 1. The van der Waals surface area contributed by atoms with Gasteiger partial charge in [0.1, 0.15) is 0 Å². The minimum atomic E-state index is -4.56. The highest BCUT2D eigenvalue weighted by atomic mass is 35.5. The van der Waals surface area contributed by atoms with Crippen LogP contribution in [0.25, 0.3) is 16.9 Å². The molecule has 0 atom stereocenters. The van der Waals surface area contributed by atoms with Gasteiger partial charge < -0.3 is 4.57 Å². The Morgan fingerprint density at radius 2 is 1.57 bits per heavy atom. The van der Waals surface area contributed by atoms with Crippen LogP contribution in [-0.2, 0) is 28.5 Å². The molecule has 0 saturated heterocycles. The van der Waals surface area contributed by atoms with Gasteiger partial charge in [0.05, 0.1) is 22.0 Å². The van der Waals surface area contributed by atoms with Gasteiger partial charge in [-0.3, -0.25) is 0 Å². The second kappa shape index (κ2) is 10.7. The predicted octanol–water partition coefficient (Wildman–Crippen LogP) is 8.05. The molecule has 0 fully saturated rings. The average molecular weight is 588 g/mol. The van der Waals surface area contributed by atoms with Crippen LogP contribution in [0.2, 0.25) is 15.1 Å². The van der Waals surface area contributed by atoms with Crippen LogP contribution < -0.4 is 4.72 Å². The number of sulfonamides is 1. The summed E-state index contributed by atoms with van der Waals surface area (Å²) >= 11 is 18.6. The van der Waals surface area contributed by atoms with Gasteiger partial charge in [-0.05, 0) is 72.6 Å². The van der Waals surface area contributed by atoms with E-state index >= 15 is 0 Å². The van der Waals surface area contributed by atoms with Crippen molar-refractivity contribution >= 4 is 44.8 Å². The van der Waals surface area contributed by atoms with E-state index in [1.165, 1.54) is 12.1 Å². The first kappa shape index (κ1) is 27.5. The lowest BCUT2D eigenvalue weighted by molar-refractivity contribution is -0.137. The molecule has 37 heavy (non-hydrogen) atoms. The molecule has 0 radical (unpaired) electrons. The maximum atomic E-state index is 13.0. The Hall–Kier alpha value is -2.49. The Labute approximate surface area is 227 Å². The van der Waals surface area contributed by atoms with Crippen LogP contribution >= 0.6 is 34.8 Å². The second-order valence-corrected chi connectivity index (χ2v) is 11.4. The third kappa shape index (κ3) is 6.51. The molecule has 0 bridgehead atoms. The molecule has 1 aromatic heterocycles. The zero-order chi connectivity index (χ0) is 27.0. The zero-order valence-electron chi connectivity index (χ0n) is 19.3. The van der Waals surface area contributed by atoms with Gasteiger partial charge in [-0.2, -0.15) is 13.2 Å². The molecule has 0 aliphatic rings. The minimum absolute atomic E-state index is 0.0337. The largest absolute Gasteiger partial charge is 0.416 e. The molecule has 3 aromatic carbocycles. The van der Waals surface area contributed by atoms with Gasteiger partial charge in [-0.15, -0.1) is 0 Å². The van der Waals surface area contributed by atoms with Crippen molar-refractivity contribution in [2.75, 3.05) is 0 Å². The quantitative estimate of drug-likeness (QED) is 0.238. The molecular formula is C26H20Cl3F3N2O2S. The Kier molecular flexibility index (Phi) is 7.97. The molecule has 4 nitrogen and oxygen atoms in total. The highest BCUT2D eigenvalue weighted by Gasteiger charge is 2.30. The molecule has 4 aromatic rings. The molecule has 0 unspecified atom stereocenters. The summed E-state index contributed by atoms with van der Waals surface area (Å²) < 4.78 is 69.0. The van der Waals surface area contributed by atoms with Crippen LogP contribution in [0.5, 0.6) is 0 Å². The predicted molar refractivity (Wildman–Crippen MR) is 142 cm³/mol. The lowest BCUT2D eigenvalue weighted by Crippen LogP contribution is -2.25. The first-order chi connectivity index (χ1) is 17.3. The molecule has 4 rings (SSSR count). The van der Waals surface area contributed by atoms with Crippen LogP contribution in [0, 0.1) is 6.92 Å². The number of aromatic nitrogens is 1. The number of halogens is 6. The normalized spacial score (nSPS) is 12.2. The van der Waals surface area contributed by atoms with Gasteiger partial charge in [0.2, 0.25) is 10.0 Å². The molecule has 11 heteroatoms. The van der Waals surface area contributed by atoms with Crippen molar-refractivity contribution in [3.63, 3.8) is 0 Å². The van der Waals surface area contributed by atoms with E-state index in [1.54, 1.807) is 30.3 Å². The summed E-state index contributed by atoms with van der Waals surface area (Å²) in [5.41, 5.74) is 2.69. The molecular weight excluding hydrogens is 568 g/mol. The van der Waals surface area contributed by atoms with Crippen LogP contribution in [0.3, 0.4) is 0 Å². The number of alkyl halides is 3. The molecule has 194 valence electrons. The topological polar surface area (TPSA) is 51.1 Å². The summed E-state index contributed by atoms with van der Waals surface area (Å²) in [6.45, 7) is 1.75. The molecule has 1 heterocycles. The van der Waals surface area contributed by atoms with Gasteiger partial charge in [-0.1, -0.05) is 53.0 Å². The summed E-state index contributed by atoms with van der Waals surface area (Å²) in [5, 5.41) is 1.44. The van der Waals surface area contributed by atoms with Gasteiger partial charge >= 0.3 is 6.18 Å². The van der Waals surface area contributed by atoms with E-state index < -0.39 is 27.5 Å². The van der Waals surface area contributed by atoms with Crippen molar-refractivity contribution in [1.82, 2.24) is 9.29 Å². The third-order valence-electron chi connectivity index (χ3n) is 5.74. The maximum absolute atomic E-state index is 13.0. The van der Waals surface area contributed by atoms with E-state index in [0.717, 1.165) is 23.5 Å². The zero-order valence-corrected chi connectivity index (χ0v) is 22.4. The van der Waals surface area contributed by atoms with Gasteiger partial charge in [0.25, 0.3) is 0 Å². The fourth-order valence-electron chi connectivity index (χ4n) is 3.95. The van der Waals surface area contributed by atoms with Crippen molar-refractivity contribution in [3.05, 3.63) is 110 Å². The van der Waals surface area contributed by atoms with Gasteiger partial charge in [0.15, 0.2) is 0 Å². The van der Waals surface area contributed by atoms with Crippen molar-refractivity contribution in [2.24, 2.45) is 0 Å². The molecule has 1 N–H and O–H groups in total. The summed E-state index contributed by atoms with van der Waals surface area (Å²) in [6, 6.07) is 18.3. The lowest BCUT2D eigenvalue weighted by atomic mass is 10.1. The summed E-state index contributed by atoms with van der Waals surface area (Å²) in [4.78, 5) is 0. The Morgan fingerprint density at radius 1 is 0.892 bits per heavy atom. The van der Waals surface area contributed by atoms with E-state index in [2.05, 4.69) is 4.72 Å². The minimum Gasteiger partial charge on any atom is -0.314 e. The third-order valence-corrected chi connectivity index (χ3v) is 7.83. The molecule has 0 aliphatic heterocycles. The number of rotatable bonds is 7. The standard InChI is InChI=1S/C26H20Cl3F3N2O2S/c1-16-18(14-33-37(35,36)15-17-3-2-4-19(11-17)26(30,31)32)12-25(23-10-7-21(28)13-24(23)29)34(16)22-8-5-20(27)6-9-22/h2-13,33H,14-15H2,1H3. The highest BCUT2D eigenvalue weighted by Crippen LogP contribution is 2.36. The fourth-order valence-corrected chi connectivity index (χ4v) is 5.68.